The molecule has 0 aliphatic carbocycles. The van der Waals surface area contributed by atoms with E-state index in [1.165, 1.54) is 0 Å². The summed E-state index contributed by atoms with van der Waals surface area (Å²) in [6.45, 7) is 8.16. The van der Waals surface area contributed by atoms with Crippen molar-refractivity contribution in [2.75, 3.05) is 6.54 Å². The van der Waals surface area contributed by atoms with Crippen LogP contribution in [0.5, 0.6) is 0 Å². The van der Waals surface area contributed by atoms with Crippen LogP contribution in [0.4, 0.5) is 0 Å². The van der Waals surface area contributed by atoms with Crippen molar-refractivity contribution >= 4 is 23.6 Å². The molecule has 0 aromatic heterocycles. The van der Waals surface area contributed by atoms with Gasteiger partial charge >= 0.3 is 5.97 Å². The highest BCUT2D eigenvalue weighted by Crippen LogP contribution is 2.17. The van der Waals surface area contributed by atoms with Gasteiger partial charge in [-0.05, 0) is 26.2 Å². The fourth-order valence-electron chi connectivity index (χ4n) is 1.05. The molecule has 0 fully saturated rings. The Bertz CT molecular complexity index is 243. The number of carbonyl (C=O) groups excluding carboxylic acids is 1. The molecule has 0 spiro atoms. The zero-order chi connectivity index (χ0) is 12.7. The van der Waals surface area contributed by atoms with Gasteiger partial charge in [-0.15, -0.1) is 11.8 Å². The molecule has 0 saturated heterocycles. The van der Waals surface area contributed by atoms with E-state index < -0.39 is 11.2 Å². The van der Waals surface area contributed by atoms with Gasteiger partial charge in [0, 0.05) is 6.54 Å². The second-order valence-electron chi connectivity index (χ2n) is 4.23. The average molecular weight is 247 g/mol. The quantitative estimate of drug-likeness (QED) is 0.719. The number of rotatable bonds is 7. The number of hydrogen-bond acceptors (Lipinski definition) is 3. The number of amides is 1. The number of nitrogens with one attached hydrogen (secondary N) is 1. The summed E-state index contributed by atoms with van der Waals surface area (Å²) in [5.41, 5.74) is 0. The normalized spacial score (nSPS) is 14.6. The monoisotopic (exact) mass is 247 g/mol. The summed E-state index contributed by atoms with van der Waals surface area (Å²) >= 11 is 1.16. The van der Waals surface area contributed by atoms with Gasteiger partial charge in [0.05, 0.1) is 5.25 Å². The van der Waals surface area contributed by atoms with Crippen LogP contribution in [0.25, 0.3) is 0 Å². The Morgan fingerprint density at radius 1 is 1.19 bits per heavy atom. The van der Waals surface area contributed by atoms with Crippen molar-refractivity contribution < 1.29 is 14.7 Å². The number of thioether (sulfide) groups is 1. The molecule has 2 atom stereocenters. The Labute approximate surface area is 101 Å². The Morgan fingerprint density at radius 3 is 2.19 bits per heavy atom. The summed E-state index contributed by atoms with van der Waals surface area (Å²) in [5.74, 6) is -0.410. The number of hydrogen-bond donors (Lipinski definition) is 2. The maximum atomic E-state index is 11.6. The van der Waals surface area contributed by atoms with Crippen LogP contribution in [0.1, 0.15) is 34.1 Å². The highest BCUT2D eigenvalue weighted by molar-refractivity contribution is 8.01. The second kappa shape index (κ2) is 7.54. The number of aliphatic carboxylic acids is 1. The van der Waals surface area contributed by atoms with Gasteiger partial charge < -0.3 is 10.4 Å². The van der Waals surface area contributed by atoms with E-state index in [-0.39, 0.29) is 11.2 Å². The lowest BCUT2D eigenvalue weighted by atomic mass is 10.1. The number of carboxylic acid groups (broad SMARTS) is 1. The minimum Gasteiger partial charge on any atom is -0.480 e. The van der Waals surface area contributed by atoms with E-state index in [0.29, 0.717) is 12.5 Å². The van der Waals surface area contributed by atoms with E-state index in [9.17, 15) is 9.59 Å². The first-order chi connectivity index (χ1) is 7.34. The minimum atomic E-state index is -0.883. The molecule has 0 rings (SSSR count). The van der Waals surface area contributed by atoms with Crippen LogP contribution in [-0.2, 0) is 9.59 Å². The summed E-state index contributed by atoms with van der Waals surface area (Å²) < 4.78 is 0. The maximum Gasteiger partial charge on any atom is 0.316 e. The summed E-state index contributed by atoms with van der Waals surface area (Å²) in [4.78, 5) is 22.2. The standard InChI is InChI=1S/C11H21NO3S/c1-7(2)5-6-12-10(13)8(3)16-9(4)11(14)15/h7-9H,5-6H2,1-4H3,(H,12,13)(H,14,15). The molecule has 0 aliphatic heterocycles. The van der Waals surface area contributed by atoms with Crippen LogP contribution in [0.15, 0.2) is 0 Å². The van der Waals surface area contributed by atoms with E-state index in [1.54, 1.807) is 13.8 Å². The van der Waals surface area contributed by atoms with Crippen LogP contribution in [0.3, 0.4) is 0 Å². The van der Waals surface area contributed by atoms with Crippen molar-refractivity contribution in [3.8, 4) is 0 Å². The molecule has 16 heavy (non-hydrogen) atoms. The fraction of sp³-hybridized carbons (Fsp3) is 0.818. The van der Waals surface area contributed by atoms with Crippen molar-refractivity contribution in [1.29, 1.82) is 0 Å². The molecule has 0 heterocycles. The van der Waals surface area contributed by atoms with Gasteiger partial charge in [-0.3, -0.25) is 9.59 Å². The molecule has 1 amide bonds. The molecule has 0 bridgehead atoms. The predicted octanol–water partition coefficient (Wildman–Crippen LogP) is 1.74. The lowest BCUT2D eigenvalue weighted by Crippen LogP contribution is -2.33. The summed E-state index contributed by atoms with van der Waals surface area (Å²) in [6, 6.07) is 0. The first-order valence-corrected chi connectivity index (χ1v) is 6.44. The first-order valence-electron chi connectivity index (χ1n) is 5.50. The lowest BCUT2D eigenvalue weighted by Gasteiger charge is -2.14. The highest BCUT2D eigenvalue weighted by Gasteiger charge is 2.20. The van der Waals surface area contributed by atoms with Crippen molar-refractivity contribution in [2.24, 2.45) is 5.92 Å². The van der Waals surface area contributed by atoms with Gasteiger partial charge in [0.15, 0.2) is 0 Å². The Kier molecular flexibility index (Phi) is 7.21. The molecule has 4 nitrogen and oxygen atoms in total. The SMILES string of the molecule is CC(C)CCNC(=O)C(C)SC(C)C(=O)O. The van der Waals surface area contributed by atoms with Crippen LogP contribution in [0, 0.1) is 5.92 Å². The second-order valence-corrected chi connectivity index (χ2v) is 5.92. The maximum absolute atomic E-state index is 11.6. The van der Waals surface area contributed by atoms with Crippen LogP contribution in [0.2, 0.25) is 0 Å². The third kappa shape index (κ3) is 6.71. The van der Waals surface area contributed by atoms with E-state index in [0.717, 1.165) is 18.2 Å². The van der Waals surface area contributed by atoms with Gasteiger partial charge in [0.25, 0.3) is 0 Å². The topological polar surface area (TPSA) is 66.4 Å². The third-order valence-corrected chi connectivity index (χ3v) is 3.38. The van der Waals surface area contributed by atoms with Crippen LogP contribution < -0.4 is 5.32 Å². The number of carbonyl (C=O) groups is 2. The van der Waals surface area contributed by atoms with Crippen molar-refractivity contribution in [3.05, 3.63) is 0 Å². The summed E-state index contributed by atoms with van der Waals surface area (Å²) in [7, 11) is 0. The molecule has 0 radical (unpaired) electrons. The summed E-state index contributed by atoms with van der Waals surface area (Å²) in [6.07, 6.45) is 0.942. The Morgan fingerprint density at radius 2 is 1.75 bits per heavy atom. The third-order valence-electron chi connectivity index (χ3n) is 2.15. The van der Waals surface area contributed by atoms with E-state index in [4.69, 9.17) is 5.11 Å². The minimum absolute atomic E-state index is 0.0845. The van der Waals surface area contributed by atoms with E-state index in [2.05, 4.69) is 19.2 Å². The Balaban J connectivity index is 3.86. The predicted molar refractivity (Wildman–Crippen MR) is 66.6 cm³/mol. The molecule has 5 heteroatoms. The van der Waals surface area contributed by atoms with Gasteiger partial charge in [-0.25, -0.2) is 0 Å². The first kappa shape index (κ1) is 15.3. The molecular formula is C11H21NO3S. The van der Waals surface area contributed by atoms with Gasteiger partial charge in [-0.2, -0.15) is 0 Å². The largest absolute Gasteiger partial charge is 0.480 e. The molecule has 0 saturated carbocycles. The summed E-state index contributed by atoms with van der Waals surface area (Å²) in [5, 5.41) is 10.6. The fourth-order valence-corrected chi connectivity index (χ4v) is 1.99. The molecule has 0 aliphatic rings. The molecule has 0 aromatic carbocycles. The van der Waals surface area contributed by atoms with Crippen molar-refractivity contribution in [3.63, 3.8) is 0 Å². The Hall–Kier alpha value is -0.710. The highest BCUT2D eigenvalue weighted by atomic mass is 32.2. The van der Waals surface area contributed by atoms with E-state index >= 15 is 0 Å². The van der Waals surface area contributed by atoms with Crippen molar-refractivity contribution in [2.45, 2.75) is 44.6 Å². The number of carboxylic acids is 1. The van der Waals surface area contributed by atoms with Gasteiger partial charge in [0.2, 0.25) is 5.91 Å². The average Bonchev–Trinajstić information content (AvgIpc) is 2.16. The zero-order valence-corrected chi connectivity index (χ0v) is 11.1. The smallest absolute Gasteiger partial charge is 0.316 e. The zero-order valence-electron chi connectivity index (χ0n) is 10.3. The van der Waals surface area contributed by atoms with Crippen molar-refractivity contribution in [1.82, 2.24) is 5.32 Å². The van der Waals surface area contributed by atoms with E-state index in [1.807, 2.05) is 0 Å². The molecule has 0 aromatic rings. The molecule has 2 unspecified atom stereocenters. The molecule has 2 N–H and O–H groups in total. The lowest BCUT2D eigenvalue weighted by molar-refractivity contribution is -0.136. The van der Waals surface area contributed by atoms with Gasteiger partial charge in [-0.1, -0.05) is 13.8 Å². The van der Waals surface area contributed by atoms with Crippen LogP contribution >= 0.6 is 11.8 Å². The van der Waals surface area contributed by atoms with Crippen LogP contribution in [-0.4, -0.2) is 34.0 Å². The molecular weight excluding hydrogens is 226 g/mol. The van der Waals surface area contributed by atoms with Gasteiger partial charge in [0.1, 0.15) is 5.25 Å². The molecule has 94 valence electrons.